The molecule has 0 spiro atoms. The number of benzene rings is 1. The minimum atomic E-state index is -0.125. The Morgan fingerprint density at radius 2 is 1.93 bits per heavy atom. The fourth-order valence-electron chi connectivity index (χ4n) is 1.35. The maximum absolute atomic E-state index is 13.4. The number of rotatable bonds is 4. The van der Waals surface area contributed by atoms with Crippen LogP contribution in [0.2, 0.25) is 0 Å². The first kappa shape index (κ1) is 11.7. The number of hydrogen-bond acceptors (Lipinski definition) is 1. The van der Waals surface area contributed by atoms with Gasteiger partial charge in [0.05, 0.1) is 0 Å². The second-order valence-electron chi connectivity index (χ2n) is 3.20. The molecule has 0 aliphatic carbocycles. The molecular weight excluding hydrogens is 245 g/mol. The molecule has 3 heteroatoms. The fourth-order valence-corrected chi connectivity index (χ4v) is 1.76. The first-order chi connectivity index (χ1) is 6.67. The Balaban J connectivity index is 2.79. The van der Waals surface area contributed by atoms with Gasteiger partial charge in [-0.1, -0.05) is 29.8 Å². The van der Waals surface area contributed by atoms with E-state index in [1.807, 2.05) is 6.07 Å². The highest BCUT2D eigenvalue weighted by atomic mass is 79.9. The Morgan fingerprint density at radius 3 is 2.50 bits per heavy atom. The summed E-state index contributed by atoms with van der Waals surface area (Å²) in [4.78, 5) is 2.19. The lowest BCUT2D eigenvalue weighted by molar-refractivity contribution is 0.291. The molecular formula is C11H15BrFN. The second kappa shape index (κ2) is 5.47. The fraction of sp³-hybridized carbons (Fsp3) is 0.455. The van der Waals surface area contributed by atoms with Crippen LogP contribution in [0.5, 0.6) is 0 Å². The average Bonchev–Trinajstić information content (AvgIpc) is 2.19. The SMILES string of the molecule is CCN(CC)Cc1cc(Br)ccc1F. The number of nitrogens with zero attached hydrogens (tertiary/aromatic N) is 1. The molecule has 0 saturated carbocycles. The third-order valence-corrected chi connectivity index (χ3v) is 2.79. The van der Waals surface area contributed by atoms with Gasteiger partial charge < -0.3 is 0 Å². The molecule has 0 aliphatic rings. The van der Waals surface area contributed by atoms with Crippen LogP contribution < -0.4 is 0 Å². The van der Waals surface area contributed by atoms with Crippen LogP contribution in [0.15, 0.2) is 22.7 Å². The van der Waals surface area contributed by atoms with Crippen LogP contribution in [-0.4, -0.2) is 18.0 Å². The Morgan fingerprint density at radius 1 is 1.29 bits per heavy atom. The van der Waals surface area contributed by atoms with Crippen LogP contribution in [0.1, 0.15) is 19.4 Å². The Kier molecular flexibility index (Phi) is 4.55. The summed E-state index contributed by atoms with van der Waals surface area (Å²) in [6.45, 7) is 6.74. The molecule has 0 unspecified atom stereocenters. The summed E-state index contributed by atoms with van der Waals surface area (Å²) >= 11 is 3.34. The molecule has 0 bridgehead atoms. The molecule has 1 aromatic carbocycles. The molecule has 1 aromatic rings. The maximum Gasteiger partial charge on any atom is 0.127 e. The van der Waals surface area contributed by atoms with Crippen molar-refractivity contribution in [1.29, 1.82) is 0 Å². The first-order valence-corrected chi connectivity index (χ1v) is 5.63. The van der Waals surface area contributed by atoms with Crippen LogP contribution in [-0.2, 0) is 6.54 Å². The minimum absolute atomic E-state index is 0.125. The van der Waals surface area contributed by atoms with E-state index < -0.39 is 0 Å². The van der Waals surface area contributed by atoms with Gasteiger partial charge in [0.1, 0.15) is 5.82 Å². The van der Waals surface area contributed by atoms with Gasteiger partial charge in [0.2, 0.25) is 0 Å². The highest BCUT2D eigenvalue weighted by molar-refractivity contribution is 9.10. The molecule has 0 radical (unpaired) electrons. The van der Waals surface area contributed by atoms with Gasteiger partial charge in [-0.15, -0.1) is 0 Å². The van der Waals surface area contributed by atoms with E-state index in [1.165, 1.54) is 6.07 Å². The lowest BCUT2D eigenvalue weighted by Gasteiger charge is -2.18. The van der Waals surface area contributed by atoms with Crippen molar-refractivity contribution in [1.82, 2.24) is 4.90 Å². The predicted molar refractivity (Wildman–Crippen MR) is 60.7 cm³/mol. The summed E-state index contributed by atoms with van der Waals surface area (Å²) in [6, 6.07) is 5.07. The molecule has 0 fully saturated rings. The Labute approximate surface area is 93.0 Å². The van der Waals surface area contributed by atoms with Crippen molar-refractivity contribution in [2.75, 3.05) is 13.1 Å². The van der Waals surface area contributed by atoms with Gasteiger partial charge >= 0.3 is 0 Å². The third kappa shape index (κ3) is 3.07. The molecule has 14 heavy (non-hydrogen) atoms. The van der Waals surface area contributed by atoms with Gasteiger partial charge in [-0.3, -0.25) is 4.90 Å². The van der Waals surface area contributed by atoms with Gasteiger partial charge in [-0.2, -0.15) is 0 Å². The van der Waals surface area contributed by atoms with Crippen LogP contribution in [0, 0.1) is 5.82 Å². The van der Waals surface area contributed by atoms with E-state index >= 15 is 0 Å². The zero-order chi connectivity index (χ0) is 10.6. The van der Waals surface area contributed by atoms with Crippen molar-refractivity contribution in [2.45, 2.75) is 20.4 Å². The molecule has 0 N–H and O–H groups in total. The summed E-state index contributed by atoms with van der Waals surface area (Å²) in [5, 5.41) is 0. The normalized spacial score (nSPS) is 10.9. The zero-order valence-electron chi connectivity index (χ0n) is 8.56. The standard InChI is InChI=1S/C11H15BrFN/c1-3-14(4-2)8-9-7-10(12)5-6-11(9)13/h5-7H,3-4,8H2,1-2H3. The summed E-state index contributed by atoms with van der Waals surface area (Å²) in [5.74, 6) is -0.125. The van der Waals surface area contributed by atoms with E-state index in [4.69, 9.17) is 0 Å². The Bertz CT molecular complexity index is 297. The van der Waals surface area contributed by atoms with Crippen LogP contribution in [0.3, 0.4) is 0 Å². The average molecular weight is 260 g/mol. The van der Waals surface area contributed by atoms with Gasteiger partial charge in [0.15, 0.2) is 0 Å². The monoisotopic (exact) mass is 259 g/mol. The summed E-state index contributed by atoms with van der Waals surface area (Å²) < 4.78 is 14.3. The van der Waals surface area contributed by atoms with Crippen LogP contribution >= 0.6 is 15.9 Å². The summed E-state index contributed by atoms with van der Waals surface area (Å²) in [6.07, 6.45) is 0. The van der Waals surface area contributed by atoms with E-state index in [0.717, 1.165) is 23.1 Å². The van der Waals surface area contributed by atoms with Crippen molar-refractivity contribution < 1.29 is 4.39 Å². The third-order valence-electron chi connectivity index (χ3n) is 2.30. The summed E-state index contributed by atoms with van der Waals surface area (Å²) in [7, 11) is 0. The molecule has 0 aliphatic heterocycles. The van der Waals surface area contributed by atoms with E-state index in [2.05, 4.69) is 34.7 Å². The lowest BCUT2D eigenvalue weighted by Crippen LogP contribution is -2.22. The van der Waals surface area contributed by atoms with E-state index in [-0.39, 0.29) is 5.82 Å². The smallest absolute Gasteiger partial charge is 0.127 e. The second-order valence-corrected chi connectivity index (χ2v) is 4.11. The Hall–Kier alpha value is -0.410. The van der Waals surface area contributed by atoms with Crippen molar-refractivity contribution >= 4 is 15.9 Å². The van der Waals surface area contributed by atoms with Gasteiger partial charge in [-0.25, -0.2) is 4.39 Å². The predicted octanol–water partition coefficient (Wildman–Crippen LogP) is 3.43. The minimum Gasteiger partial charge on any atom is -0.300 e. The van der Waals surface area contributed by atoms with Gasteiger partial charge in [-0.05, 0) is 31.3 Å². The first-order valence-electron chi connectivity index (χ1n) is 4.83. The molecule has 0 saturated heterocycles. The van der Waals surface area contributed by atoms with Crippen molar-refractivity contribution in [3.63, 3.8) is 0 Å². The number of halogens is 2. The van der Waals surface area contributed by atoms with E-state index in [9.17, 15) is 4.39 Å². The molecule has 78 valence electrons. The highest BCUT2D eigenvalue weighted by Gasteiger charge is 2.06. The van der Waals surface area contributed by atoms with Crippen LogP contribution in [0.25, 0.3) is 0 Å². The topological polar surface area (TPSA) is 3.24 Å². The maximum atomic E-state index is 13.4. The van der Waals surface area contributed by atoms with Crippen LogP contribution in [0.4, 0.5) is 4.39 Å². The molecule has 0 aromatic heterocycles. The largest absolute Gasteiger partial charge is 0.300 e. The zero-order valence-corrected chi connectivity index (χ0v) is 10.1. The van der Waals surface area contributed by atoms with Gasteiger partial charge in [0.25, 0.3) is 0 Å². The van der Waals surface area contributed by atoms with Crippen molar-refractivity contribution in [3.8, 4) is 0 Å². The van der Waals surface area contributed by atoms with Gasteiger partial charge in [0, 0.05) is 16.6 Å². The molecule has 0 atom stereocenters. The van der Waals surface area contributed by atoms with Crippen molar-refractivity contribution in [2.24, 2.45) is 0 Å². The molecule has 1 rings (SSSR count). The lowest BCUT2D eigenvalue weighted by atomic mass is 10.2. The highest BCUT2D eigenvalue weighted by Crippen LogP contribution is 2.16. The van der Waals surface area contributed by atoms with Crippen molar-refractivity contribution in [3.05, 3.63) is 34.1 Å². The van der Waals surface area contributed by atoms with E-state index in [1.54, 1.807) is 6.07 Å². The summed E-state index contributed by atoms with van der Waals surface area (Å²) in [5.41, 5.74) is 0.753. The molecule has 1 nitrogen and oxygen atoms in total. The molecule has 0 amide bonds. The molecule has 0 heterocycles. The quantitative estimate of drug-likeness (QED) is 0.801. The number of hydrogen-bond donors (Lipinski definition) is 0. The van der Waals surface area contributed by atoms with E-state index in [0.29, 0.717) is 6.54 Å².